The van der Waals surface area contributed by atoms with Crippen LogP contribution in [0.3, 0.4) is 0 Å². The first-order valence-corrected chi connectivity index (χ1v) is 6.96. The van der Waals surface area contributed by atoms with Crippen molar-refractivity contribution in [1.82, 2.24) is 0 Å². The van der Waals surface area contributed by atoms with Crippen LogP contribution in [-0.4, -0.2) is 23.0 Å². The summed E-state index contributed by atoms with van der Waals surface area (Å²) in [6, 6.07) is 0. The minimum atomic E-state index is -0.611. The molecule has 4 heteroatoms. The van der Waals surface area contributed by atoms with Gasteiger partial charge in [0.15, 0.2) is 0 Å². The number of rotatable bonds is 5. The van der Waals surface area contributed by atoms with Crippen LogP contribution >= 0.6 is 0 Å². The molecular formula is C10H23NO2S. The average molecular weight is 221 g/mol. The topological polar surface area (TPSA) is 66.2 Å². The van der Waals surface area contributed by atoms with Gasteiger partial charge >= 0.3 is 0 Å². The van der Waals surface area contributed by atoms with Crippen LogP contribution in [0.5, 0.6) is 0 Å². The van der Waals surface area contributed by atoms with Gasteiger partial charge in [-0.05, 0) is 12.8 Å². The van der Waals surface area contributed by atoms with E-state index in [1.165, 1.54) is 0 Å². The SMILES string of the molecule is CCCC(CCC)C(N)=O.C[S+](C)[O-]. The second-order valence-corrected chi connectivity index (χ2v) is 4.90. The molecular weight excluding hydrogens is 198 g/mol. The molecule has 1 amide bonds. The van der Waals surface area contributed by atoms with Gasteiger partial charge < -0.3 is 10.3 Å². The first-order valence-electron chi connectivity index (χ1n) is 5.00. The second-order valence-electron chi connectivity index (χ2n) is 3.42. The molecule has 0 saturated heterocycles. The van der Waals surface area contributed by atoms with E-state index >= 15 is 0 Å². The van der Waals surface area contributed by atoms with Gasteiger partial charge in [0.25, 0.3) is 0 Å². The van der Waals surface area contributed by atoms with E-state index in [1.54, 1.807) is 12.5 Å². The molecule has 2 N–H and O–H groups in total. The Morgan fingerprint density at radius 2 is 1.57 bits per heavy atom. The summed E-state index contributed by atoms with van der Waals surface area (Å²) in [7, 11) is 0. The van der Waals surface area contributed by atoms with Crippen molar-refractivity contribution in [2.24, 2.45) is 11.7 Å². The van der Waals surface area contributed by atoms with Gasteiger partial charge in [-0.3, -0.25) is 4.79 Å². The molecule has 0 heterocycles. The second kappa shape index (κ2) is 10.9. The molecule has 86 valence electrons. The molecule has 0 aliphatic heterocycles. The summed E-state index contributed by atoms with van der Waals surface area (Å²) in [5.74, 6) is -0.0151. The van der Waals surface area contributed by atoms with E-state index in [4.69, 9.17) is 5.73 Å². The van der Waals surface area contributed by atoms with Crippen LogP contribution in [0.2, 0.25) is 0 Å². The van der Waals surface area contributed by atoms with Gasteiger partial charge in [-0.2, -0.15) is 0 Å². The first kappa shape index (κ1) is 16.2. The van der Waals surface area contributed by atoms with Crippen molar-refractivity contribution in [3.8, 4) is 0 Å². The minimum Gasteiger partial charge on any atom is -0.617 e. The fourth-order valence-corrected chi connectivity index (χ4v) is 1.13. The van der Waals surface area contributed by atoms with Gasteiger partial charge in [0, 0.05) is 5.92 Å². The van der Waals surface area contributed by atoms with Crippen LogP contribution in [0.1, 0.15) is 39.5 Å². The van der Waals surface area contributed by atoms with Crippen LogP contribution in [0, 0.1) is 5.92 Å². The van der Waals surface area contributed by atoms with E-state index in [1.807, 2.05) is 0 Å². The monoisotopic (exact) mass is 221 g/mol. The summed E-state index contributed by atoms with van der Waals surface area (Å²) in [6.45, 7) is 4.15. The van der Waals surface area contributed by atoms with Crippen LogP contribution in [0.25, 0.3) is 0 Å². The number of primary amides is 1. The van der Waals surface area contributed by atoms with Crippen molar-refractivity contribution in [3.05, 3.63) is 0 Å². The lowest BCUT2D eigenvalue weighted by molar-refractivity contribution is -0.122. The Balaban J connectivity index is 0. The van der Waals surface area contributed by atoms with E-state index < -0.39 is 11.2 Å². The van der Waals surface area contributed by atoms with Crippen molar-refractivity contribution in [3.63, 3.8) is 0 Å². The predicted molar refractivity (Wildman–Crippen MR) is 62.5 cm³/mol. The normalized spacial score (nSPS) is 9.93. The number of hydrogen-bond acceptors (Lipinski definition) is 2. The highest BCUT2D eigenvalue weighted by Gasteiger charge is 2.11. The van der Waals surface area contributed by atoms with Gasteiger partial charge in [0.05, 0.1) is 12.5 Å². The zero-order valence-electron chi connectivity index (χ0n) is 9.71. The van der Waals surface area contributed by atoms with Gasteiger partial charge in [0.1, 0.15) is 0 Å². The minimum absolute atomic E-state index is 0.120. The molecule has 0 atom stereocenters. The summed E-state index contributed by atoms with van der Waals surface area (Å²) in [5, 5.41) is 0. The van der Waals surface area contributed by atoms with E-state index in [2.05, 4.69) is 13.8 Å². The maximum Gasteiger partial charge on any atom is 0.220 e. The lowest BCUT2D eigenvalue weighted by atomic mass is 9.98. The van der Waals surface area contributed by atoms with Gasteiger partial charge in [-0.15, -0.1) is 0 Å². The van der Waals surface area contributed by atoms with Crippen molar-refractivity contribution in [2.75, 3.05) is 12.5 Å². The molecule has 14 heavy (non-hydrogen) atoms. The van der Waals surface area contributed by atoms with Gasteiger partial charge in [-0.25, -0.2) is 0 Å². The highest BCUT2D eigenvalue weighted by Crippen LogP contribution is 2.11. The van der Waals surface area contributed by atoms with Crippen LogP contribution in [0.4, 0.5) is 0 Å². The zero-order valence-corrected chi connectivity index (χ0v) is 10.5. The summed E-state index contributed by atoms with van der Waals surface area (Å²) in [5.41, 5.74) is 5.17. The van der Waals surface area contributed by atoms with Crippen LogP contribution in [0.15, 0.2) is 0 Å². The van der Waals surface area contributed by atoms with Gasteiger partial charge in [-0.1, -0.05) is 37.9 Å². The molecule has 0 fully saturated rings. The molecule has 0 rings (SSSR count). The molecule has 0 bridgehead atoms. The highest BCUT2D eigenvalue weighted by atomic mass is 32.2. The largest absolute Gasteiger partial charge is 0.617 e. The van der Waals surface area contributed by atoms with E-state index in [0.29, 0.717) is 0 Å². The fourth-order valence-electron chi connectivity index (χ4n) is 1.13. The molecule has 3 nitrogen and oxygen atoms in total. The first-order chi connectivity index (χ1) is 6.45. The predicted octanol–water partition coefficient (Wildman–Crippen LogP) is 1.68. The number of carbonyl (C=O) groups is 1. The molecule has 0 aromatic rings. The van der Waals surface area contributed by atoms with Crippen LogP contribution in [-0.2, 0) is 16.0 Å². The number of hydrogen-bond donors (Lipinski definition) is 1. The number of amides is 1. The van der Waals surface area contributed by atoms with Crippen molar-refractivity contribution in [2.45, 2.75) is 39.5 Å². The summed E-state index contributed by atoms with van der Waals surface area (Å²) in [6.07, 6.45) is 7.27. The highest BCUT2D eigenvalue weighted by molar-refractivity contribution is 7.89. The standard InChI is InChI=1S/C8H17NO.C2H6OS/c1-3-5-7(6-4-2)8(9)10;1-4(2)3/h7H,3-6H2,1-2H3,(H2,9,10);1-2H3. The summed E-state index contributed by atoms with van der Waals surface area (Å²) >= 11 is -0.611. The third kappa shape index (κ3) is 14.3. The Kier molecular flexibility index (Phi) is 12.6. The van der Waals surface area contributed by atoms with Crippen LogP contribution < -0.4 is 5.73 Å². The molecule has 0 aromatic heterocycles. The molecule has 0 aliphatic rings. The maximum absolute atomic E-state index is 10.7. The Morgan fingerprint density at radius 1 is 1.29 bits per heavy atom. The summed E-state index contributed by atoms with van der Waals surface area (Å²) < 4.78 is 9.56. The summed E-state index contributed by atoms with van der Waals surface area (Å²) in [4.78, 5) is 10.7. The van der Waals surface area contributed by atoms with E-state index in [-0.39, 0.29) is 11.8 Å². The third-order valence-electron chi connectivity index (χ3n) is 1.68. The number of nitrogens with two attached hydrogens (primary N) is 1. The smallest absolute Gasteiger partial charge is 0.220 e. The zero-order chi connectivity index (χ0) is 11.6. The van der Waals surface area contributed by atoms with Crippen molar-refractivity contribution >= 4 is 17.1 Å². The van der Waals surface area contributed by atoms with Gasteiger partial charge in [0.2, 0.25) is 5.91 Å². The Hall–Kier alpha value is -0.220. The number of carbonyl (C=O) groups excluding carboxylic acids is 1. The molecule has 0 aliphatic carbocycles. The lowest BCUT2D eigenvalue weighted by Crippen LogP contribution is -2.22. The van der Waals surface area contributed by atoms with E-state index in [0.717, 1.165) is 25.7 Å². The Labute approximate surface area is 90.6 Å². The fraction of sp³-hybridized carbons (Fsp3) is 0.900. The Bertz CT molecular complexity index is 131. The molecule has 0 saturated carbocycles. The quantitative estimate of drug-likeness (QED) is 0.718. The maximum atomic E-state index is 10.7. The third-order valence-corrected chi connectivity index (χ3v) is 1.68. The molecule has 0 aromatic carbocycles. The van der Waals surface area contributed by atoms with E-state index in [9.17, 15) is 9.35 Å². The molecule has 0 unspecified atom stereocenters. The van der Waals surface area contributed by atoms with Crippen molar-refractivity contribution < 1.29 is 9.35 Å². The average Bonchev–Trinajstić information content (AvgIpc) is 2.02. The van der Waals surface area contributed by atoms with Crippen molar-refractivity contribution in [1.29, 1.82) is 0 Å². The lowest BCUT2D eigenvalue weighted by Gasteiger charge is -2.09. The Morgan fingerprint density at radius 3 is 1.71 bits per heavy atom. The molecule has 0 spiro atoms. The molecule has 0 radical (unpaired) electrons.